The molecule has 3 aromatic carbocycles. The highest BCUT2D eigenvalue weighted by atomic mass is 19.4. The molecule has 4 nitrogen and oxygen atoms in total. The highest BCUT2D eigenvalue weighted by molar-refractivity contribution is 6.02. The van der Waals surface area contributed by atoms with Crippen LogP contribution >= 0.6 is 0 Å². The van der Waals surface area contributed by atoms with Crippen LogP contribution in [0.4, 0.5) is 18.9 Å². The summed E-state index contributed by atoms with van der Waals surface area (Å²) in [6, 6.07) is 18.6. The van der Waals surface area contributed by atoms with E-state index in [4.69, 9.17) is 0 Å². The van der Waals surface area contributed by atoms with E-state index in [9.17, 15) is 23.1 Å². The number of benzene rings is 3. The molecule has 4 aromatic rings. The number of nitrogens with zero attached hydrogens (tertiary/aromatic N) is 2. The molecule has 0 aliphatic carbocycles. The fourth-order valence-electron chi connectivity index (χ4n) is 3.71. The molecule has 1 N–H and O–H groups in total. The monoisotopic (exact) mass is 450 g/mol. The van der Waals surface area contributed by atoms with E-state index in [0.717, 1.165) is 17.7 Å². The number of halogens is 3. The molecule has 0 bridgehead atoms. The fraction of sp³-hybridized carbons (Fsp3) is 0.154. The maximum atomic E-state index is 13.6. The van der Waals surface area contributed by atoms with Crippen molar-refractivity contribution in [2.45, 2.75) is 25.9 Å². The van der Waals surface area contributed by atoms with Crippen LogP contribution in [0.25, 0.3) is 16.5 Å². The third-order valence-corrected chi connectivity index (χ3v) is 5.46. The summed E-state index contributed by atoms with van der Waals surface area (Å²) in [5.41, 5.74) is -0.330. The van der Waals surface area contributed by atoms with Crippen molar-refractivity contribution in [3.8, 4) is 11.6 Å². The van der Waals surface area contributed by atoms with Gasteiger partial charge in [0.2, 0.25) is 5.88 Å². The number of alkyl halides is 3. The second-order valence-electron chi connectivity index (χ2n) is 7.94. The minimum absolute atomic E-state index is 0.148. The molecule has 0 saturated heterocycles. The molecule has 0 spiro atoms. The van der Waals surface area contributed by atoms with E-state index in [1.54, 1.807) is 18.2 Å². The zero-order valence-corrected chi connectivity index (χ0v) is 18.0. The Kier molecular flexibility index (Phi) is 5.80. The number of pyridine rings is 1. The van der Waals surface area contributed by atoms with Crippen molar-refractivity contribution in [2.24, 2.45) is 4.99 Å². The van der Waals surface area contributed by atoms with E-state index < -0.39 is 28.9 Å². The Balaban J connectivity index is 1.95. The molecule has 0 atom stereocenters. The largest absolute Gasteiger partial charge is 0.494 e. The standard InChI is InChI=1S/C26H21F3N2O2/c1-16(2)17-11-13-18(14-12-17)30-15-21-19-7-3-4-8-20(19)24(32)31(25(21)33)23-10-6-5-9-22(23)26(27,28)29/h3-16,33H,1-2H3. The van der Waals surface area contributed by atoms with Crippen molar-refractivity contribution in [3.05, 3.63) is 99.8 Å². The lowest BCUT2D eigenvalue weighted by molar-refractivity contribution is -0.137. The quantitative estimate of drug-likeness (QED) is 0.357. The minimum Gasteiger partial charge on any atom is -0.494 e. The second kappa shape index (κ2) is 8.58. The van der Waals surface area contributed by atoms with E-state index in [-0.39, 0.29) is 10.9 Å². The van der Waals surface area contributed by atoms with Gasteiger partial charge in [0.05, 0.1) is 22.5 Å². The summed E-state index contributed by atoms with van der Waals surface area (Å²) >= 11 is 0. The number of para-hydroxylation sites is 1. The van der Waals surface area contributed by atoms with Crippen LogP contribution in [0.2, 0.25) is 0 Å². The second-order valence-corrected chi connectivity index (χ2v) is 7.94. The van der Waals surface area contributed by atoms with Gasteiger partial charge < -0.3 is 5.11 Å². The van der Waals surface area contributed by atoms with Gasteiger partial charge in [-0.2, -0.15) is 13.2 Å². The van der Waals surface area contributed by atoms with Crippen LogP contribution < -0.4 is 5.56 Å². The Morgan fingerprint density at radius 1 is 0.909 bits per heavy atom. The Bertz CT molecular complexity index is 1400. The molecule has 7 heteroatoms. The Labute approximate surface area is 188 Å². The number of aromatic nitrogens is 1. The number of aromatic hydroxyl groups is 1. The summed E-state index contributed by atoms with van der Waals surface area (Å²) in [4.78, 5) is 17.5. The molecule has 1 aromatic heterocycles. The first-order valence-electron chi connectivity index (χ1n) is 10.4. The average Bonchev–Trinajstić information content (AvgIpc) is 2.79. The Morgan fingerprint density at radius 3 is 2.15 bits per heavy atom. The summed E-state index contributed by atoms with van der Waals surface area (Å²) < 4.78 is 41.6. The minimum atomic E-state index is -4.71. The molecular weight excluding hydrogens is 429 g/mol. The first-order valence-corrected chi connectivity index (χ1v) is 10.4. The van der Waals surface area contributed by atoms with Gasteiger partial charge in [-0.1, -0.05) is 56.3 Å². The van der Waals surface area contributed by atoms with E-state index >= 15 is 0 Å². The smallest absolute Gasteiger partial charge is 0.418 e. The molecule has 0 fully saturated rings. The lowest BCUT2D eigenvalue weighted by atomic mass is 10.0. The van der Waals surface area contributed by atoms with Gasteiger partial charge in [0, 0.05) is 17.0 Å². The van der Waals surface area contributed by atoms with Gasteiger partial charge in [-0.3, -0.25) is 9.79 Å². The number of fused-ring (bicyclic) bond motifs is 1. The topological polar surface area (TPSA) is 54.6 Å². The van der Waals surface area contributed by atoms with Crippen molar-refractivity contribution in [3.63, 3.8) is 0 Å². The van der Waals surface area contributed by atoms with Crippen molar-refractivity contribution < 1.29 is 18.3 Å². The van der Waals surface area contributed by atoms with E-state index in [2.05, 4.69) is 18.8 Å². The van der Waals surface area contributed by atoms with Crippen LogP contribution in [0.1, 0.15) is 36.5 Å². The molecule has 0 aliphatic rings. The molecule has 0 amide bonds. The zero-order valence-electron chi connectivity index (χ0n) is 18.0. The van der Waals surface area contributed by atoms with Gasteiger partial charge in [0.15, 0.2) is 0 Å². The summed E-state index contributed by atoms with van der Waals surface area (Å²) in [6.07, 6.45) is -3.34. The normalized spacial score (nSPS) is 12.2. The Morgan fingerprint density at radius 2 is 1.52 bits per heavy atom. The molecule has 0 aliphatic heterocycles. The van der Waals surface area contributed by atoms with E-state index in [1.807, 2.05) is 24.3 Å². The predicted molar refractivity (Wildman–Crippen MR) is 124 cm³/mol. The van der Waals surface area contributed by atoms with Crippen molar-refractivity contribution in [1.29, 1.82) is 0 Å². The molecule has 168 valence electrons. The summed E-state index contributed by atoms with van der Waals surface area (Å²) in [6.45, 7) is 4.15. The lowest BCUT2D eigenvalue weighted by Gasteiger charge is -2.18. The van der Waals surface area contributed by atoms with Gasteiger partial charge in [-0.15, -0.1) is 0 Å². The Hall–Kier alpha value is -3.87. The van der Waals surface area contributed by atoms with E-state index in [1.165, 1.54) is 24.4 Å². The highest BCUT2D eigenvalue weighted by Gasteiger charge is 2.34. The summed E-state index contributed by atoms with van der Waals surface area (Å²) in [5, 5.41) is 11.6. The van der Waals surface area contributed by atoms with Gasteiger partial charge in [-0.25, -0.2) is 4.57 Å². The van der Waals surface area contributed by atoms with Crippen molar-refractivity contribution >= 4 is 22.7 Å². The summed E-state index contributed by atoms with van der Waals surface area (Å²) in [5.74, 6) is -0.258. The van der Waals surface area contributed by atoms with Crippen LogP contribution in [0, 0.1) is 0 Å². The number of hydrogen-bond acceptors (Lipinski definition) is 3. The highest BCUT2D eigenvalue weighted by Crippen LogP contribution is 2.36. The van der Waals surface area contributed by atoms with Crippen LogP contribution in [-0.4, -0.2) is 15.9 Å². The molecule has 4 rings (SSSR count). The molecule has 0 unspecified atom stereocenters. The maximum absolute atomic E-state index is 13.6. The van der Waals surface area contributed by atoms with Gasteiger partial charge >= 0.3 is 6.18 Å². The number of hydrogen-bond donors (Lipinski definition) is 1. The molecule has 33 heavy (non-hydrogen) atoms. The third kappa shape index (κ3) is 4.26. The van der Waals surface area contributed by atoms with Crippen LogP contribution in [0.3, 0.4) is 0 Å². The van der Waals surface area contributed by atoms with Crippen molar-refractivity contribution in [2.75, 3.05) is 0 Å². The average molecular weight is 450 g/mol. The SMILES string of the molecule is CC(C)c1ccc(N=Cc2c(O)n(-c3ccccc3C(F)(F)F)c(=O)c3ccccc23)cc1. The first kappa shape index (κ1) is 22.3. The van der Waals surface area contributed by atoms with Crippen LogP contribution in [-0.2, 0) is 6.18 Å². The van der Waals surface area contributed by atoms with Gasteiger partial charge in [0.1, 0.15) is 0 Å². The van der Waals surface area contributed by atoms with Gasteiger partial charge in [-0.05, 0) is 41.8 Å². The lowest BCUT2D eigenvalue weighted by Crippen LogP contribution is -2.23. The third-order valence-electron chi connectivity index (χ3n) is 5.46. The van der Waals surface area contributed by atoms with Crippen LogP contribution in [0.5, 0.6) is 5.88 Å². The van der Waals surface area contributed by atoms with Crippen LogP contribution in [0.15, 0.2) is 82.6 Å². The molecular formula is C26H21F3N2O2. The predicted octanol–water partition coefficient (Wildman–Crippen LogP) is 6.59. The molecule has 0 radical (unpaired) electrons. The zero-order chi connectivity index (χ0) is 23.8. The maximum Gasteiger partial charge on any atom is 0.418 e. The number of rotatable bonds is 4. The van der Waals surface area contributed by atoms with Gasteiger partial charge in [0.25, 0.3) is 5.56 Å². The molecule has 0 saturated carbocycles. The molecule has 1 heterocycles. The fourth-order valence-corrected chi connectivity index (χ4v) is 3.71. The van der Waals surface area contributed by atoms with E-state index in [0.29, 0.717) is 21.6 Å². The summed E-state index contributed by atoms with van der Waals surface area (Å²) in [7, 11) is 0. The first-order chi connectivity index (χ1) is 15.7. The van der Waals surface area contributed by atoms with Crippen molar-refractivity contribution in [1.82, 2.24) is 4.57 Å². The number of aliphatic imine (C=N–C) groups is 1.